The van der Waals surface area contributed by atoms with Crippen molar-refractivity contribution in [2.75, 3.05) is 10.6 Å². The number of aryl methyl sites for hydroxylation is 2. The lowest BCUT2D eigenvalue weighted by molar-refractivity contribution is 0.102. The second kappa shape index (κ2) is 7.43. The van der Waals surface area contributed by atoms with Crippen LogP contribution in [-0.4, -0.2) is 21.9 Å². The highest BCUT2D eigenvalue weighted by molar-refractivity contribution is 6.03. The molecule has 0 unspecified atom stereocenters. The van der Waals surface area contributed by atoms with E-state index in [0.29, 0.717) is 17.7 Å². The van der Waals surface area contributed by atoms with Gasteiger partial charge in [-0.05, 0) is 44.9 Å². The number of carbonyl (C=O) groups is 1. The van der Waals surface area contributed by atoms with Gasteiger partial charge in [-0.3, -0.25) is 4.79 Å². The molecule has 0 saturated heterocycles. The molecule has 0 bridgehead atoms. The third-order valence-electron chi connectivity index (χ3n) is 4.33. The van der Waals surface area contributed by atoms with E-state index in [1.54, 1.807) is 6.07 Å². The Morgan fingerprint density at radius 3 is 2.46 bits per heavy atom. The Morgan fingerprint density at radius 1 is 1.04 bits per heavy atom. The molecule has 2 N–H and O–H groups in total. The Labute approximate surface area is 142 Å². The fraction of sp³-hybridized carbons (Fsp3) is 0.421. The van der Waals surface area contributed by atoms with Gasteiger partial charge < -0.3 is 10.6 Å². The summed E-state index contributed by atoms with van der Waals surface area (Å²) in [5.74, 6) is 0.340. The molecule has 0 atom stereocenters. The van der Waals surface area contributed by atoms with Gasteiger partial charge >= 0.3 is 0 Å². The molecule has 1 amide bonds. The fourth-order valence-corrected chi connectivity index (χ4v) is 3.01. The second-order valence-electron chi connectivity index (χ2n) is 6.52. The first-order valence-corrected chi connectivity index (χ1v) is 8.60. The molecule has 0 aliphatic heterocycles. The van der Waals surface area contributed by atoms with E-state index >= 15 is 0 Å². The minimum atomic E-state index is -0.212. The molecule has 0 radical (unpaired) electrons. The second-order valence-corrected chi connectivity index (χ2v) is 6.52. The van der Waals surface area contributed by atoms with Gasteiger partial charge in [-0.15, -0.1) is 0 Å². The first-order valence-electron chi connectivity index (χ1n) is 8.60. The first kappa shape index (κ1) is 16.4. The van der Waals surface area contributed by atoms with Crippen LogP contribution in [-0.2, 0) is 0 Å². The van der Waals surface area contributed by atoms with Crippen molar-refractivity contribution in [3.05, 3.63) is 47.3 Å². The molecular formula is C19H24N4O. The van der Waals surface area contributed by atoms with Gasteiger partial charge in [-0.1, -0.05) is 37.0 Å². The maximum atomic E-state index is 12.5. The number of hydrogen-bond donors (Lipinski definition) is 2. The summed E-state index contributed by atoms with van der Waals surface area (Å²) >= 11 is 0. The molecular weight excluding hydrogens is 300 g/mol. The largest absolute Gasteiger partial charge is 0.351 e. The average Bonchev–Trinajstić information content (AvgIpc) is 2.57. The molecule has 3 rings (SSSR count). The normalized spacial score (nSPS) is 15.1. The van der Waals surface area contributed by atoms with Crippen molar-refractivity contribution in [1.82, 2.24) is 9.97 Å². The van der Waals surface area contributed by atoms with E-state index in [1.165, 1.54) is 19.3 Å². The molecule has 1 aliphatic rings. The van der Waals surface area contributed by atoms with E-state index in [1.807, 2.05) is 38.1 Å². The Bertz CT molecular complexity index is 706. The molecule has 1 heterocycles. The van der Waals surface area contributed by atoms with E-state index in [4.69, 9.17) is 0 Å². The molecule has 5 nitrogen and oxygen atoms in total. The van der Waals surface area contributed by atoms with Crippen molar-refractivity contribution in [3.8, 4) is 0 Å². The van der Waals surface area contributed by atoms with Crippen LogP contribution in [0.1, 0.15) is 53.8 Å². The van der Waals surface area contributed by atoms with Crippen molar-refractivity contribution < 1.29 is 4.79 Å². The van der Waals surface area contributed by atoms with Crippen molar-refractivity contribution in [2.24, 2.45) is 0 Å². The Hall–Kier alpha value is -2.43. The van der Waals surface area contributed by atoms with Crippen molar-refractivity contribution in [1.29, 1.82) is 0 Å². The summed E-state index contributed by atoms with van der Waals surface area (Å²) in [7, 11) is 0. The summed E-state index contributed by atoms with van der Waals surface area (Å²) in [5, 5.41) is 6.27. The predicted octanol–water partition coefficient (Wildman–Crippen LogP) is 4.09. The molecule has 1 saturated carbocycles. The molecule has 0 spiro atoms. The Kier molecular flexibility index (Phi) is 5.08. The summed E-state index contributed by atoms with van der Waals surface area (Å²) in [6.45, 7) is 3.90. The quantitative estimate of drug-likeness (QED) is 0.889. The van der Waals surface area contributed by atoms with Crippen molar-refractivity contribution in [2.45, 2.75) is 52.0 Å². The number of nitrogens with zero attached hydrogens (tertiary/aromatic N) is 2. The molecule has 1 aromatic carbocycles. The monoisotopic (exact) mass is 324 g/mol. The zero-order valence-corrected chi connectivity index (χ0v) is 14.3. The summed E-state index contributed by atoms with van der Waals surface area (Å²) in [6.07, 6.45) is 6.07. The van der Waals surface area contributed by atoms with Gasteiger partial charge in [0.15, 0.2) is 0 Å². The van der Waals surface area contributed by atoms with E-state index < -0.39 is 0 Å². The number of amides is 1. The predicted molar refractivity (Wildman–Crippen MR) is 96.4 cm³/mol. The van der Waals surface area contributed by atoms with Crippen LogP contribution in [0.4, 0.5) is 11.6 Å². The number of carbonyl (C=O) groups excluding carboxylic acids is 1. The number of aromatic nitrogens is 2. The highest BCUT2D eigenvalue weighted by Crippen LogP contribution is 2.20. The van der Waals surface area contributed by atoms with Crippen LogP contribution in [0, 0.1) is 13.8 Å². The lowest BCUT2D eigenvalue weighted by Crippen LogP contribution is -2.24. The van der Waals surface area contributed by atoms with Crippen LogP contribution >= 0.6 is 0 Å². The van der Waals surface area contributed by atoms with Gasteiger partial charge in [0.1, 0.15) is 5.69 Å². The smallest absolute Gasteiger partial charge is 0.274 e. The zero-order chi connectivity index (χ0) is 16.9. The van der Waals surface area contributed by atoms with Crippen LogP contribution in [0.2, 0.25) is 0 Å². The number of nitrogens with one attached hydrogen (secondary N) is 2. The lowest BCUT2D eigenvalue weighted by Gasteiger charge is -2.23. The van der Waals surface area contributed by atoms with Gasteiger partial charge in [0.2, 0.25) is 5.95 Å². The van der Waals surface area contributed by atoms with E-state index in [2.05, 4.69) is 20.6 Å². The number of anilines is 2. The maximum absolute atomic E-state index is 12.5. The minimum Gasteiger partial charge on any atom is -0.351 e. The van der Waals surface area contributed by atoms with Gasteiger partial charge in [0.05, 0.1) is 0 Å². The zero-order valence-electron chi connectivity index (χ0n) is 14.3. The van der Waals surface area contributed by atoms with Gasteiger partial charge in [0, 0.05) is 17.4 Å². The van der Waals surface area contributed by atoms with Crippen LogP contribution < -0.4 is 10.6 Å². The van der Waals surface area contributed by atoms with E-state index in [9.17, 15) is 4.79 Å². The highest BCUT2D eigenvalue weighted by Gasteiger charge is 2.16. The molecule has 1 aromatic heterocycles. The molecule has 1 aliphatic carbocycles. The van der Waals surface area contributed by atoms with Gasteiger partial charge in [-0.2, -0.15) is 0 Å². The Balaban J connectivity index is 1.72. The standard InChI is InChI=1S/C19H24N4O/c1-13-8-10-16(11-9-13)21-18(24)17-12-14(2)20-19(23-17)22-15-6-4-3-5-7-15/h8-12,15H,3-7H2,1-2H3,(H,21,24)(H,20,22,23). The number of hydrogen-bond acceptors (Lipinski definition) is 4. The summed E-state index contributed by atoms with van der Waals surface area (Å²) in [6, 6.07) is 9.85. The minimum absolute atomic E-state index is 0.212. The maximum Gasteiger partial charge on any atom is 0.274 e. The number of benzene rings is 1. The van der Waals surface area contributed by atoms with Crippen LogP contribution in [0.25, 0.3) is 0 Å². The van der Waals surface area contributed by atoms with Gasteiger partial charge in [-0.25, -0.2) is 9.97 Å². The molecule has 5 heteroatoms. The highest BCUT2D eigenvalue weighted by atomic mass is 16.1. The summed E-state index contributed by atoms with van der Waals surface area (Å²) in [4.78, 5) is 21.3. The SMILES string of the molecule is Cc1ccc(NC(=O)c2cc(C)nc(NC3CCCCC3)n2)cc1. The molecule has 2 aromatic rings. The lowest BCUT2D eigenvalue weighted by atomic mass is 9.96. The van der Waals surface area contributed by atoms with Crippen LogP contribution in [0.15, 0.2) is 30.3 Å². The molecule has 1 fully saturated rings. The molecule has 126 valence electrons. The van der Waals surface area contributed by atoms with Crippen molar-refractivity contribution >= 4 is 17.5 Å². The first-order chi connectivity index (χ1) is 11.6. The van der Waals surface area contributed by atoms with E-state index in [-0.39, 0.29) is 5.91 Å². The fourth-order valence-electron chi connectivity index (χ4n) is 3.01. The summed E-state index contributed by atoms with van der Waals surface area (Å²) < 4.78 is 0. The average molecular weight is 324 g/mol. The van der Waals surface area contributed by atoms with Crippen LogP contribution in [0.5, 0.6) is 0 Å². The molecule has 24 heavy (non-hydrogen) atoms. The van der Waals surface area contributed by atoms with E-state index in [0.717, 1.165) is 29.8 Å². The van der Waals surface area contributed by atoms with Gasteiger partial charge in [0.25, 0.3) is 5.91 Å². The Morgan fingerprint density at radius 2 is 1.75 bits per heavy atom. The third-order valence-corrected chi connectivity index (χ3v) is 4.33. The van der Waals surface area contributed by atoms with Crippen LogP contribution in [0.3, 0.4) is 0 Å². The third kappa shape index (κ3) is 4.31. The number of rotatable bonds is 4. The summed E-state index contributed by atoms with van der Waals surface area (Å²) in [5.41, 5.74) is 3.10. The van der Waals surface area contributed by atoms with Crippen molar-refractivity contribution in [3.63, 3.8) is 0 Å². The topological polar surface area (TPSA) is 66.9 Å².